The van der Waals surface area contributed by atoms with Gasteiger partial charge in [-0.15, -0.1) is 0 Å². The minimum absolute atomic E-state index is 0.0526. The van der Waals surface area contributed by atoms with Crippen LogP contribution in [0.4, 0.5) is 0 Å². The van der Waals surface area contributed by atoms with Gasteiger partial charge in [0.05, 0.1) is 11.0 Å². The second-order valence-corrected chi connectivity index (χ2v) is 8.02. The molecular formula is C22H24N2O2. The van der Waals surface area contributed by atoms with Crippen molar-refractivity contribution in [1.29, 1.82) is 5.26 Å². The zero-order valence-electron chi connectivity index (χ0n) is 15.7. The smallest absolute Gasteiger partial charge is 0.241 e. The Morgan fingerprint density at radius 1 is 1.19 bits per heavy atom. The van der Waals surface area contributed by atoms with Crippen LogP contribution in [0.3, 0.4) is 0 Å². The maximum atomic E-state index is 13.7. The fourth-order valence-corrected chi connectivity index (χ4v) is 4.18. The van der Waals surface area contributed by atoms with Crippen molar-refractivity contribution in [3.8, 4) is 6.07 Å². The molecule has 2 aliphatic rings. The molecule has 0 unspecified atom stereocenters. The number of nitriles is 1. The van der Waals surface area contributed by atoms with E-state index >= 15 is 0 Å². The lowest BCUT2D eigenvalue weighted by atomic mass is 9.56. The van der Waals surface area contributed by atoms with Crippen LogP contribution in [0.25, 0.3) is 0 Å². The number of nitrogens with zero attached hydrogens (tertiary/aromatic N) is 2. The predicted molar refractivity (Wildman–Crippen MR) is 100 cm³/mol. The standard InChI is InChI=1S/C22H24N2O2/c1-15(2)14-24-11-10-18-21(3,4)19(25)16(13-23)12-22(18,20(24)26)17-8-6-5-7-9-17/h5-10,12,15H,11,14H2,1-4H3/t22-/m1/s1. The Balaban J connectivity index is 2.32. The van der Waals surface area contributed by atoms with Gasteiger partial charge in [0, 0.05) is 13.1 Å². The molecule has 26 heavy (non-hydrogen) atoms. The van der Waals surface area contributed by atoms with Crippen molar-refractivity contribution in [2.45, 2.75) is 33.1 Å². The summed E-state index contributed by atoms with van der Waals surface area (Å²) < 4.78 is 0. The number of hydrogen-bond acceptors (Lipinski definition) is 3. The van der Waals surface area contributed by atoms with Gasteiger partial charge in [-0.05, 0) is 37.0 Å². The topological polar surface area (TPSA) is 61.2 Å². The second-order valence-electron chi connectivity index (χ2n) is 8.02. The number of benzene rings is 1. The molecule has 0 radical (unpaired) electrons. The van der Waals surface area contributed by atoms with Crippen molar-refractivity contribution in [1.82, 2.24) is 4.90 Å². The average Bonchev–Trinajstić information content (AvgIpc) is 2.61. The van der Waals surface area contributed by atoms with Crippen LogP contribution in [-0.4, -0.2) is 29.7 Å². The third-order valence-electron chi connectivity index (χ3n) is 5.35. The lowest BCUT2D eigenvalue weighted by molar-refractivity contribution is -0.136. The molecule has 0 aromatic heterocycles. The Labute approximate surface area is 154 Å². The summed E-state index contributed by atoms with van der Waals surface area (Å²) in [6.45, 7) is 8.91. The van der Waals surface area contributed by atoms with E-state index in [1.165, 1.54) is 0 Å². The van der Waals surface area contributed by atoms with E-state index in [9.17, 15) is 14.9 Å². The highest BCUT2D eigenvalue weighted by atomic mass is 16.2. The average molecular weight is 348 g/mol. The molecule has 1 aromatic rings. The molecule has 4 nitrogen and oxygen atoms in total. The summed E-state index contributed by atoms with van der Waals surface area (Å²) in [4.78, 5) is 28.3. The fourth-order valence-electron chi connectivity index (χ4n) is 4.18. The normalized spacial score (nSPS) is 24.7. The maximum Gasteiger partial charge on any atom is 0.241 e. The maximum absolute atomic E-state index is 13.7. The first-order valence-corrected chi connectivity index (χ1v) is 8.99. The van der Waals surface area contributed by atoms with E-state index < -0.39 is 10.8 Å². The van der Waals surface area contributed by atoms with E-state index in [2.05, 4.69) is 13.8 Å². The molecular weight excluding hydrogens is 324 g/mol. The first-order chi connectivity index (χ1) is 12.2. The summed E-state index contributed by atoms with van der Waals surface area (Å²) in [6.07, 6.45) is 3.61. The Morgan fingerprint density at radius 2 is 1.85 bits per heavy atom. The van der Waals surface area contributed by atoms with Crippen molar-refractivity contribution in [3.05, 3.63) is 59.2 Å². The molecule has 0 N–H and O–H groups in total. The molecule has 1 atom stereocenters. The molecule has 0 bridgehead atoms. The fraction of sp³-hybridized carbons (Fsp3) is 0.409. The highest BCUT2D eigenvalue weighted by molar-refractivity contribution is 6.11. The van der Waals surface area contributed by atoms with Crippen molar-refractivity contribution >= 4 is 11.7 Å². The quantitative estimate of drug-likeness (QED) is 0.787. The third-order valence-corrected chi connectivity index (χ3v) is 5.35. The Hall–Kier alpha value is -2.67. The first kappa shape index (κ1) is 18.1. The monoisotopic (exact) mass is 348 g/mol. The highest BCUT2D eigenvalue weighted by Gasteiger charge is 2.56. The van der Waals surface area contributed by atoms with Crippen LogP contribution in [-0.2, 0) is 15.0 Å². The molecule has 4 heteroatoms. The number of allylic oxidation sites excluding steroid dienone is 1. The van der Waals surface area contributed by atoms with Gasteiger partial charge < -0.3 is 4.90 Å². The first-order valence-electron chi connectivity index (χ1n) is 8.99. The van der Waals surface area contributed by atoms with Crippen LogP contribution in [0.15, 0.2) is 53.6 Å². The lowest BCUT2D eigenvalue weighted by Crippen LogP contribution is -2.57. The van der Waals surface area contributed by atoms with E-state index in [0.717, 1.165) is 11.1 Å². The van der Waals surface area contributed by atoms with Gasteiger partial charge >= 0.3 is 0 Å². The molecule has 1 aromatic carbocycles. The lowest BCUT2D eigenvalue weighted by Gasteiger charge is -2.48. The Bertz CT molecular complexity index is 856. The SMILES string of the molecule is CC(C)CN1CC=C2C(C)(C)C(=O)C(C#N)=C[C@]2(c2ccccc2)C1=O. The van der Waals surface area contributed by atoms with Gasteiger partial charge in [-0.2, -0.15) is 5.26 Å². The molecule has 1 aliphatic carbocycles. The number of amides is 1. The molecule has 134 valence electrons. The number of carbonyl (C=O) groups excluding carboxylic acids is 2. The zero-order valence-corrected chi connectivity index (χ0v) is 15.7. The van der Waals surface area contributed by atoms with E-state index in [1.807, 2.05) is 61.2 Å². The number of Topliss-reactive ketones (excluding diaryl/α,β-unsaturated/α-hetero) is 1. The van der Waals surface area contributed by atoms with E-state index in [4.69, 9.17) is 0 Å². The molecule has 0 fully saturated rings. The largest absolute Gasteiger partial charge is 0.337 e. The van der Waals surface area contributed by atoms with Gasteiger partial charge in [-0.1, -0.05) is 50.3 Å². The third kappa shape index (κ3) is 2.50. The van der Waals surface area contributed by atoms with Crippen LogP contribution >= 0.6 is 0 Å². The van der Waals surface area contributed by atoms with Crippen molar-refractivity contribution < 1.29 is 9.59 Å². The predicted octanol–water partition coefficient (Wildman–Crippen LogP) is 3.41. The summed E-state index contributed by atoms with van der Waals surface area (Å²) in [5, 5.41) is 9.56. The van der Waals surface area contributed by atoms with Gasteiger partial charge in [-0.25, -0.2) is 0 Å². The molecule has 1 amide bonds. The van der Waals surface area contributed by atoms with Gasteiger partial charge in [0.2, 0.25) is 5.91 Å². The second kappa shape index (κ2) is 6.25. The Morgan fingerprint density at radius 3 is 2.42 bits per heavy atom. The minimum Gasteiger partial charge on any atom is -0.337 e. The summed E-state index contributed by atoms with van der Waals surface area (Å²) in [5.74, 6) is 0.0607. The highest BCUT2D eigenvalue weighted by Crippen LogP contribution is 2.51. The molecule has 0 spiro atoms. The summed E-state index contributed by atoms with van der Waals surface area (Å²) >= 11 is 0. The zero-order chi connectivity index (χ0) is 19.1. The number of hydrogen-bond donors (Lipinski definition) is 0. The van der Waals surface area contributed by atoms with Crippen molar-refractivity contribution in [2.24, 2.45) is 11.3 Å². The molecule has 0 saturated heterocycles. The van der Waals surface area contributed by atoms with Crippen LogP contribution in [0.5, 0.6) is 0 Å². The van der Waals surface area contributed by atoms with Crippen LogP contribution < -0.4 is 0 Å². The minimum atomic E-state index is -1.09. The molecule has 1 aliphatic heterocycles. The molecule has 3 rings (SSSR count). The Kier molecular flexibility index (Phi) is 4.36. The number of fused-ring (bicyclic) bond motifs is 1. The van der Waals surface area contributed by atoms with Gasteiger partial charge in [0.15, 0.2) is 5.78 Å². The van der Waals surface area contributed by atoms with Gasteiger partial charge in [-0.3, -0.25) is 9.59 Å². The molecule has 0 saturated carbocycles. The van der Waals surface area contributed by atoms with Crippen LogP contribution in [0, 0.1) is 22.7 Å². The van der Waals surface area contributed by atoms with E-state index in [-0.39, 0.29) is 17.3 Å². The van der Waals surface area contributed by atoms with Crippen molar-refractivity contribution in [2.75, 3.05) is 13.1 Å². The van der Waals surface area contributed by atoms with Crippen LogP contribution in [0.2, 0.25) is 0 Å². The van der Waals surface area contributed by atoms with Crippen molar-refractivity contribution in [3.63, 3.8) is 0 Å². The van der Waals surface area contributed by atoms with Gasteiger partial charge in [0.25, 0.3) is 0 Å². The van der Waals surface area contributed by atoms with E-state index in [1.54, 1.807) is 6.08 Å². The van der Waals surface area contributed by atoms with Gasteiger partial charge in [0.1, 0.15) is 11.5 Å². The van der Waals surface area contributed by atoms with E-state index in [0.29, 0.717) is 19.0 Å². The summed E-state index contributed by atoms with van der Waals surface area (Å²) in [5.41, 5.74) is -0.328. The number of ketones is 1. The summed E-state index contributed by atoms with van der Waals surface area (Å²) in [7, 11) is 0. The number of rotatable bonds is 3. The number of carbonyl (C=O) groups is 2. The summed E-state index contributed by atoms with van der Waals surface area (Å²) in [6, 6.07) is 11.5. The molecule has 1 heterocycles. The van der Waals surface area contributed by atoms with Crippen LogP contribution in [0.1, 0.15) is 33.3 Å².